The summed E-state index contributed by atoms with van der Waals surface area (Å²) in [5, 5.41) is 0. The minimum atomic E-state index is -0.136. The smallest absolute Gasteiger partial charge is 0.222 e. The van der Waals surface area contributed by atoms with Crippen LogP contribution in [0.4, 0.5) is 0 Å². The second-order valence-corrected chi connectivity index (χ2v) is 7.97. The van der Waals surface area contributed by atoms with E-state index in [1.165, 1.54) is 70.6 Å². The van der Waals surface area contributed by atoms with Crippen LogP contribution in [0, 0.1) is 5.92 Å². The van der Waals surface area contributed by atoms with Crippen LogP contribution in [-0.4, -0.2) is 30.9 Å². The van der Waals surface area contributed by atoms with E-state index in [9.17, 15) is 4.79 Å². The first-order valence-electron chi connectivity index (χ1n) is 11.1. The van der Waals surface area contributed by atoms with E-state index in [4.69, 9.17) is 5.73 Å². The maximum atomic E-state index is 11.8. The molecule has 26 heavy (non-hydrogen) atoms. The fraction of sp³-hybridized carbons (Fsp3) is 0.870. The van der Waals surface area contributed by atoms with E-state index in [-0.39, 0.29) is 17.9 Å². The maximum absolute atomic E-state index is 11.8. The van der Waals surface area contributed by atoms with Crippen LogP contribution in [0.2, 0.25) is 0 Å². The third kappa shape index (κ3) is 13.4. The first kappa shape index (κ1) is 25.2. The van der Waals surface area contributed by atoms with Gasteiger partial charge >= 0.3 is 0 Å². The molecule has 0 fully saturated rings. The Hall–Kier alpha value is -0.830. The van der Waals surface area contributed by atoms with Gasteiger partial charge in [0.2, 0.25) is 5.91 Å². The van der Waals surface area contributed by atoms with Crippen LogP contribution in [-0.2, 0) is 4.79 Å². The Labute approximate surface area is 163 Å². The summed E-state index contributed by atoms with van der Waals surface area (Å²) in [5.74, 6) is -0.143. The van der Waals surface area contributed by atoms with Gasteiger partial charge in [-0.3, -0.25) is 4.79 Å². The molecular weight excluding hydrogens is 320 g/mol. The van der Waals surface area contributed by atoms with Crippen LogP contribution in [0.25, 0.3) is 0 Å². The Balaban J connectivity index is 3.64. The monoisotopic (exact) mass is 366 g/mol. The number of nitrogens with zero attached hydrogens (tertiary/aromatic N) is 1. The maximum Gasteiger partial charge on any atom is 0.222 e. The second-order valence-electron chi connectivity index (χ2n) is 7.97. The van der Waals surface area contributed by atoms with Crippen LogP contribution in [0.1, 0.15) is 104 Å². The van der Waals surface area contributed by atoms with Gasteiger partial charge < -0.3 is 10.6 Å². The van der Waals surface area contributed by atoms with Crippen molar-refractivity contribution in [2.24, 2.45) is 11.7 Å². The molecule has 0 saturated carbocycles. The highest BCUT2D eigenvalue weighted by atomic mass is 16.1. The summed E-state index contributed by atoms with van der Waals surface area (Å²) < 4.78 is 0. The molecule has 0 aromatic heterocycles. The molecule has 0 saturated heterocycles. The first-order chi connectivity index (χ1) is 12.5. The van der Waals surface area contributed by atoms with E-state index in [1.54, 1.807) is 0 Å². The molecule has 154 valence electrons. The van der Waals surface area contributed by atoms with E-state index >= 15 is 0 Å². The van der Waals surface area contributed by atoms with E-state index in [0.717, 1.165) is 19.3 Å². The van der Waals surface area contributed by atoms with Crippen molar-refractivity contribution in [3.8, 4) is 0 Å². The quantitative estimate of drug-likeness (QED) is 0.236. The van der Waals surface area contributed by atoms with Gasteiger partial charge in [-0.2, -0.15) is 0 Å². The molecule has 2 unspecified atom stereocenters. The lowest BCUT2D eigenvalue weighted by atomic mass is 9.90. The molecule has 0 aromatic carbocycles. The fourth-order valence-corrected chi connectivity index (χ4v) is 3.79. The Kier molecular flexibility index (Phi) is 17.0. The number of carbonyl (C=O) groups is 1. The van der Waals surface area contributed by atoms with Crippen molar-refractivity contribution in [1.29, 1.82) is 0 Å². The largest absolute Gasteiger partial charge is 0.369 e. The highest BCUT2D eigenvalue weighted by Crippen LogP contribution is 2.20. The zero-order valence-electron chi connectivity index (χ0n) is 18.1. The van der Waals surface area contributed by atoms with Gasteiger partial charge in [0.05, 0.1) is 5.92 Å². The summed E-state index contributed by atoms with van der Waals surface area (Å²) in [6.45, 7) is 4.41. The lowest BCUT2D eigenvalue weighted by molar-refractivity contribution is -0.124. The molecule has 1 amide bonds. The van der Waals surface area contributed by atoms with Crippen molar-refractivity contribution in [3.05, 3.63) is 12.2 Å². The van der Waals surface area contributed by atoms with Crippen LogP contribution >= 0.6 is 0 Å². The zero-order valence-corrected chi connectivity index (χ0v) is 18.1. The number of rotatable bonds is 18. The molecule has 0 aliphatic carbocycles. The summed E-state index contributed by atoms with van der Waals surface area (Å²) >= 11 is 0. The molecule has 0 rings (SSSR count). The van der Waals surface area contributed by atoms with Gasteiger partial charge in [0.15, 0.2) is 0 Å². The van der Waals surface area contributed by atoms with Crippen molar-refractivity contribution < 1.29 is 4.79 Å². The Morgan fingerprint density at radius 3 is 1.81 bits per heavy atom. The molecule has 0 spiro atoms. The minimum Gasteiger partial charge on any atom is -0.369 e. The molecule has 0 heterocycles. The molecule has 0 aromatic rings. The summed E-state index contributed by atoms with van der Waals surface area (Å²) in [7, 11) is 4.09. The van der Waals surface area contributed by atoms with Gasteiger partial charge in [0.1, 0.15) is 0 Å². The molecule has 0 aliphatic heterocycles. The van der Waals surface area contributed by atoms with Gasteiger partial charge in [0, 0.05) is 6.04 Å². The third-order valence-corrected chi connectivity index (χ3v) is 5.44. The van der Waals surface area contributed by atoms with Crippen LogP contribution < -0.4 is 5.73 Å². The zero-order chi connectivity index (χ0) is 19.6. The standard InChI is InChI=1S/C23H46N2O/c1-5-7-8-9-10-11-12-13-14-15-16-17-18-19-20-21(23(24)26)22(6-2)25(3)4/h13-14,21-22H,5-12,15-20H2,1-4H3,(H2,24,26)/b14-13+. The van der Waals surface area contributed by atoms with Gasteiger partial charge in [-0.25, -0.2) is 0 Å². The predicted molar refractivity (Wildman–Crippen MR) is 115 cm³/mol. The normalized spacial score (nSPS) is 14.2. The Morgan fingerprint density at radius 2 is 1.35 bits per heavy atom. The van der Waals surface area contributed by atoms with E-state index < -0.39 is 0 Å². The van der Waals surface area contributed by atoms with Crippen molar-refractivity contribution in [1.82, 2.24) is 4.90 Å². The summed E-state index contributed by atoms with van der Waals surface area (Å²) in [6, 6.07) is 0.275. The van der Waals surface area contributed by atoms with Crippen molar-refractivity contribution >= 4 is 5.91 Å². The Morgan fingerprint density at radius 1 is 0.846 bits per heavy atom. The van der Waals surface area contributed by atoms with Crippen molar-refractivity contribution in [3.63, 3.8) is 0 Å². The van der Waals surface area contributed by atoms with Gasteiger partial charge in [0.25, 0.3) is 0 Å². The number of allylic oxidation sites excluding steroid dienone is 2. The number of primary amides is 1. The van der Waals surface area contributed by atoms with Gasteiger partial charge in [-0.1, -0.05) is 77.4 Å². The molecule has 3 heteroatoms. The summed E-state index contributed by atoms with van der Waals surface area (Å²) in [6.07, 6.45) is 22.2. The SMILES string of the molecule is CCCCCCCC/C=C/CCCCCCC(C(N)=O)C(CC)N(C)C. The van der Waals surface area contributed by atoms with E-state index in [0.29, 0.717) is 0 Å². The summed E-state index contributed by atoms with van der Waals surface area (Å²) in [4.78, 5) is 13.9. The third-order valence-electron chi connectivity index (χ3n) is 5.44. The van der Waals surface area contributed by atoms with Crippen molar-refractivity contribution in [2.75, 3.05) is 14.1 Å². The highest BCUT2D eigenvalue weighted by Gasteiger charge is 2.26. The molecule has 2 atom stereocenters. The van der Waals surface area contributed by atoms with E-state index in [1.807, 2.05) is 14.1 Å². The minimum absolute atomic E-state index is 0.00720. The van der Waals surface area contributed by atoms with E-state index in [2.05, 4.69) is 30.9 Å². The lowest BCUT2D eigenvalue weighted by Gasteiger charge is -2.29. The molecule has 0 aliphatic rings. The number of amides is 1. The highest BCUT2D eigenvalue weighted by molar-refractivity contribution is 5.77. The topological polar surface area (TPSA) is 46.3 Å². The number of hydrogen-bond donors (Lipinski definition) is 1. The average Bonchev–Trinajstić information content (AvgIpc) is 2.60. The summed E-state index contributed by atoms with van der Waals surface area (Å²) in [5.41, 5.74) is 5.63. The van der Waals surface area contributed by atoms with Crippen LogP contribution in [0.5, 0.6) is 0 Å². The number of hydrogen-bond acceptors (Lipinski definition) is 2. The molecular formula is C23H46N2O. The Bertz CT molecular complexity index is 352. The molecule has 0 bridgehead atoms. The lowest BCUT2D eigenvalue weighted by Crippen LogP contribution is -2.41. The average molecular weight is 367 g/mol. The number of unbranched alkanes of at least 4 members (excludes halogenated alkanes) is 10. The number of carbonyl (C=O) groups excluding carboxylic acids is 1. The first-order valence-corrected chi connectivity index (χ1v) is 11.1. The molecule has 3 nitrogen and oxygen atoms in total. The van der Waals surface area contributed by atoms with Gasteiger partial charge in [-0.05, 0) is 52.6 Å². The van der Waals surface area contributed by atoms with Crippen LogP contribution in [0.15, 0.2) is 12.2 Å². The molecule has 2 N–H and O–H groups in total. The van der Waals surface area contributed by atoms with Crippen LogP contribution in [0.3, 0.4) is 0 Å². The predicted octanol–water partition coefficient (Wildman–Crippen LogP) is 6.08. The molecule has 0 radical (unpaired) electrons. The van der Waals surface area contributed by atoms with Crippen molar-refractivity contribution in [2.45, 2.75) is 110 Å². The van der Waals surface area contributed by atoms with Gasteiger partial charge in [-0.15, -0.1) is 0 Å². The fourth-order valence-electron chi connectivity index (χ4n) is 3.79. The number of nitrogens with two attached hydrogens (primary N) is 1. The second kappa shape index (κ2) is 17.6.